The first-order valence-electron chi connectivity index (χ1n) is 11.3. The Balaban J connectivity index is 0.00000289. The molecule has 7 nitrogen and oxygen atoms in total. The first-order chi connectivity index (χ1) is 15.2. The van der Waals surface area contributed by atoms with Crippen LogP contribution in [0.3, 0.4) is 0 Å². The molecule has 2 fully saturated rings. The largest absolute Gasteiger partial charge is 0.357 e. The summed E-state index contributed by atoms with van der Waals surface area (Å²) in [5.74, 6) is 2.28. The molecule has 2 saturated heterocycles. The molecule has 172 valence electrons. The summed E-state index contributed by atoms with van der Waals surface area (Å²) in [6.07, 6.45) is 3.52. The second-order valence-electron chi connectivity index (χ2n) is 8.07. The molecule has 4 rings (SSSR count). The number of benzene rings is 1. The van der Waals surface area contributed by atoms with Gasteiger partial charge in [0.1, 0.15) is 5.82 Å². The van der Waals surface area contributed by atoms with E-state index < -0.39 is 0 Å². The number of carbonyl (C=O) groups is 1. The van der Waals surface area contributed by atoms with Crippen molar-refractivity contribution < 1.29 is 4.79 Å². The van der Waals surface area contributed by atoms with E-state index in [0.29, 0.717) is 19.5 Å². The Hall–Kier alpha value is -2.36. The molecule has 2 aliphatic rings. The molecule has 3 heterocycles. The molecule has 2 aliphatic heterocycles. The molecule has 0 bridgehead atoms. The molecule has 0 aliphatic carbocycles. The van der Waals surface area contributed by atoms with Gasteiger partial charge in [0.2, 0.25) is 5.91 Å². The summed E-state index contributed by atoms with van der Waals surface area (Å²) >= 11 is 0. The van der Waals surface area contributed by atoms with Gasteiger partial charge in [0.15, 0.2) is 5.96 Å². The number of hydrogen-bond acceptors (Lipinski definition) is 4. The van der Waals surface area contributed by atoms with Crippen LogP contribution in [0.5, 0.6) is 0 Å². The molecular formula is C24H33IN6O. The highest BCUT2D eigenvalue weighted by Crippen LogP contribution is 2.16. The third kappa shape index (κ3) is 6.34. The number of guanidine groups is 1. The molecule has 32 heavy (non-hydrogen) atoms. The average molecular weight is 548 g/mol. The Morgan fingerprint density at radius 3 is 2.41 bits per heavy atom. The van der Waals surface area contributed by atoms with Crippen molar-refractivity contribution in [1.29, 1.82) is 0 Å². The Labute approximate surface area is 207 Å². The van der Waals surface area contributed by atoms with E-state index in [4.69, 9.17) is 4.99 Å². The number of carbonyl (C=O) groups excluding carboxylic acids is 1. The molecule has 8 heteroatoms. The molecule has 0 unspecified atom stereocenters. The lowest BCUT2D eigenvalue weighted by atomic mass is 10.1. The monoisotopic (exact) mass is 548 g/mol. The van der Waals surface area contributed by atoms with Crippen LogP contribution in [0.25, 0.3) is 0 Å². The van der Waals surface area contributed by atoms with Gasteiger partial charge < -0.3 is 20.0 Å². The Kier molecular flexibility index (Phi) is 9.13. The topological polar surface area (TPSA) is 64.1 Å². The standard InChI is InChI=1S/C24H32N6O.HI/c1-2-25-24(29-16-14-28(15-17-29)22-6-3-4-12-26-22)27-18-20-8-10-21(11-9-20)19-30-13-5-7-23(30)31;/h3-4,6,8-12H,2,5,7,13-19H2,1H3,(H,25,27);1H. The second-order valence-corrected chi connectivity index (χ2v) is 8.07. The maximum Gasteiger partial charge on any atom is 0.222 e. The Morgan fingerprint density at radius 1 is 1.03 bits per heavy atom. The fourth-order valence-corrected chi connectivity index (χ4v) is 4.12. The molecule has 0 saturated carbocycles. The number of likely N-dealkylation sites (tertiary alicyclic amines) is 1. The number of anilines is 1. The lowest BCUT2D eigenvalue weighted by Crippen LogP contribution is -2.52. The van der Waals surface area contributed by atoms with Gasteiger partial charge in [-0.05, 0) is 36.6 Å². The predicted octanol–water partition coefficient (Wildman–Crippen LogP) is 3.11. The van der Waals surface area contributed by atoms with E-state index in [1.165, 1.54) is 11.1 Å². The highest BCUT2D eigenvalue weighted by molar-refractivity contribution is 14.0. The first-order valence-corrected chi connectivity index (χ1v) is 11.3. The summed E-state index contributed by atoms with van der Waals surface area (Å²) in [5, 5.41) is 3.44. The molecular weight excluding hydrogens is 515 g/mol. The number of nitrogens with one attached hydrogen (secondary N) is 1. The number of nitrogens with zero attached hydrogens (tertiary/aromatic N) is 5. The van der Waals surface area contributed by atoms with Gasteiger partial charge in [-0.3, -0.25) is 4.79 Å². The quantitative estimate of drug-likeness (QED) is 0.342. The van der Waals surface area contributed by atoms with Gasteiger partial charge in [-0.2, -0.15) is 0 Å². The fourth-order valence-electron chi connectivity index (χ4n) is 4.12. The van der Waals surface area contributed by atoms with E-state index >= 15 is 0 Å². The maximum atomic E-state index is 11.8. The van der Waals surface area contributed by atoms with Crippen molar-refractivity contribution >= 4 is 41.7 Å². The fraction of sp³-hybridized carbons (Fsp3) is 0.458. The average Bonchev–Trinajstić information content (AvgIpc) is 3.22. The van der Waals surface area contributed by atoms with Crippen LogP contribution in [0.1, 0.15) is 30.9 Å². The number of amides is 1. The van der Waals surface area contributed by atoms with Gasteiger partial charge in [-0.25, -0.2) is 9.98 Å². The van der Waals surface area contributed by atoms with Crippen LogP contribution in [-0.4, -0.2) is 65.9 Å². The van der Waals surface area contributed by atoms with E-state index in [1.54, 1.807) is 0 Å². The van der Waals surface area contributed by atoms with Gasteiger partial charge >= 0.3 is 0 Å². The molecule has 0 atom stereocenters. The molecule has 0 spiro atoms. The van der Waals surface area contributed by atoms with Crippen LogP contribution < -0.4 is 10.2 Å². The number of halogens is 1. The zero-order valence-corrected chi connectivity index (χ0v) is 21.1. The van der Waals surface area contributed by atoms with Gasteiger partial charge in [-0.1, -0.05) is 30.3 Å². The van der Waals surface area contributed by atoms with Crippen LogP contribution in [0, 0.1) is 0 Å². The molecule has 1 aromatic carbocycles. The minimum atomic E-state index is 0. The van der Waals surface area contributed by atoms with Crippen molar-refractivity contribution in [1.82, 2.24) is 20.1 Å². The van der Waals surface area contributed by atoms with E-state index in [9.17, 15) is 4.79 Å². The van der Waals surface area contributed by atoms with Crippen molar-refractivity contribution in [2.75, 3.05) is 44.2 Å². The number of hydrogen-bond donors (Lipinski definition) is 1. The molecule has 1 aromatic heterocycles. The smallest absolute Gasteiger partial charge is 0.222 e. The van der Waals surface area contributed by atoms with Gasteiger partial charge in [0.25, 0.3) is 0 Å². The first kappa shape index (κ1) is 24.3. The van der Waals surface area contributed by atoms with Crippen LogP contribution in [0.2, 0.25) is 0 Å². The van der Waals surface area contributed by atoms with Crippen molar-refractivity contribution in [2.45, 2.75) is 32.9 Å². The summed E-state index contributed by atoms with van der Waals surface area (Å²) in [7, 11) is 0. The van der Waals surface area contributed by atoms with E-state index in [-0.39, 0.29) is 29.9 Å². The lowest BCUT2D eigenvalue weighted by molar-refractivity contribution is -0.128. The minimum Gasteiger partial charge on any atom is -0.357 e. The number of rotatable bonds is 6. The third-order valence-corrected chi connectivity index (χ3v) is 5.87. The SMILES string of the molecule is CCNC(=NCc1ccc(CN2CCCC2=O)cc1)N1CCN(c2ccccn2)CC1.I. The number of piperazine rings is 1. The zero-order valence-electron chi connectivity index (χ0n) is 18.7. The minimum absolute atomic E-state index is 0. The summed E-state index contributed by atoms with van der Waals surface area (Å²) in [6, 6.07) is 14.6. The van der Waals surface area contributed by atoms with Crippen molar-refractivity contribution in [3.63, 3.8) is 0 Å². The number of pyridine rings is 1. The van der Waals surface area contributed by atoms with Gasteiger partial charge in [0.05, 0.1) is 6.54 Å². The van der Waals surface area contributed by atoms with Crippen LogP contribution in [0.15, 0.2) is 53.7 Å². The molecule has 1 amide bonds. The highest BCUT2D eigenvalue weighted by Gasteiger charge is 2.21. The van der Waals surface area contributed by atoms with Crippen molar-refractivity contribution in [3.8, 4) is 0 Å². The summed E-state index contributed by atoms with van der Waals surface area (Å²) < 4.78 is 0. The zero-order chi connectivity index (χ0) is 21.5. The molecule has 2 aromatic rings. The highest BCUT2D eigenvalue weighted by atomic mass is 127. The van der Waals surface area contributed by atoms with Crippen LogP contribution >= 0.6 is 24.0 Å². The number of aliphatic imine (C=N–C) groups is 1. The molecule has 0 radical (unpaired) electrons. The summed E-state index contributed by atoms with van der Waals surface area (Å²) in [4.78, 5) is 27.8. The third-order valence-electron chi connectivity index (χ3n) is 5.87. The Morgan fingerprint density at radius 2 is 1.78 bits per heavy atom. The molecule has 1 N–H and O–H groups in total. The summed E-state index contributed by atoms with van der Waals surface area (Å²) in [5.41, 5.74) is 2.36. The van der Waals surface area contributed by atoms with E-state index in [2.05, 4.69) is 57.4 Å². The van der Waals surface area contributed by atoms with Gasteiger partial charge in [-0.15, -0.1) is 24.0 Å². The normalized spacial score (nSPS) is 16.8. The van der Waals surface area contributed by atoms with E-state index in [1.807, 2.05) is 23.2 Å². The van der Waals surface area contributed by atoms with Crippen molar-refractivity contribution in [2.24, 2.45) is 4.99 Å². The number of aromatic nitrogens is 1. The second kappa shape index (κ2) is 12.0. The van der Waals surface area contributed by atoms with E-state index in [0.717, 1.165) is 57.5 Å². The van der Waals surface area contributed by atoms with Crippen molar-refractivity contribution in [3.05, 3.63) is 59.8 Å². The Bertz CT molecular complexity index is 881. The summed E-state index contributed by atoms with van der Waals surface area (Å²) in [6.45, 7) is 8.91. The predicted molar refractivity (Wildman–Crippen MR) is 139 cm³/mol. The lowest BCUT2D eigenvalue weighted by Gasteiger charge is -2.37. The van der Waals surface area contributed by atoms with Gasteiger partial charge in [0, 0.05) is 58.4 Å². The maximum absolute atomic E-state index is 11.8. The van der Waals surface area contributed by atoms with Crippen LogP contribution in [-0.2, 0) is 17.9 Å². The van der Waals surface area contributed by atoms with Crippen LogP contribution in [0.4, 0.5) is 5.82 Å².